The molecule has 0 bridgehead atoms. The second-order valence-electron chi connectivity index (χ2n) is 4.70. The maximum Gasteiger partial charge on any atom is 0.0664 e. The zero-order valence-electron chi connectivity index (χ0n) is 11.6. The van der Waals surface area contributed by atoms with Crippen molar-refractivity contribution in [2.45, 2.75) is 37.3 Å². The first kappa shape index (κ1) is 15.3. The van der Waals surface area contributed by atoms with Gasteiger partial charge in [-0.25, -0.2) is 0 Å². The molecule has 1 aromatic carbocycles. The van der Waals surface area contributed by atoms with E-state index in [1.165, 1.54) is 5.56 Å². The number of likely N-dealkylation sites (N-methyl/N-ethyl adjacent to an activating group) is 1. The number of aliphatic hydroxyl groups excluding tert-OH is 1. The lowest BCUT2D eigenvalue weighted by Crippen LogP contribution is -2.31. The molecule has 0 amide bonds. The van der Waals surface area contributed by atoms with Crippen molar-refractivity contribution in [2.75, 3.05) is 19.8 Å². The highest BCUT2D eigenvalue weighted by Gasteiger charge is 2.14. The van der Waals surface area contributed by atoms with Crippen LogP contribution in [0.5, 0.6) is 0 Å². The summed E-state index contributed by atoms with van der Waals surface area (Å²) < 4.78 is 11.3. The molecule has 102 valence electrons. The highest BCUT2D eigenvalue weighted by molar-refractivity contribution is 7.84. The van der Waals surface area contributed by atoms with Crippen LogP contribution in [0.25, 0.3) is 0 Å². The van der Waals surface area contributed by atoms with Gasteiger partial charge >= 0.3 is 0 Å². The van der Waals surface area contributed by atoms with Crippen LogP contribution in [0.3, 0.4) is 0 Å². The Balaban J connectivity index is 2.71. The van der Waals surface area contributed by atoms with Crippen LogP contribution in [0.2, 0.25) is 0 Å². The van der Waals surface area contributed by atoms with Gasteiger partial charge < -0.3 is 5.11 Å². The van der Waals surface area contributed by atoms with Crippen molar-refractivity contribution < 1.29 is 9.32 Å². The molecule has 0 aliphatic carbocycles. The highest BCUT2D eigenvalue weighted by atomic mass is 32.2. The Morgan fingerprint density at radius 3 is 2.33 bits per heavy atom. The van der Waals surface area contributed by atoms with Crippen molar-refractivity contribution >= 4 is 10.8 Å². The fourth-order valence-corrected chi connectivity index (χ4v) is 2.33. The van der Waals surface area contributed by atoms with Crippen molar-refractivity contribution in [1.82, 2.24) is 4.90 Å². The largest absolute Gasteiger partial charge is 0.392 e. The van der Waals surface area contributed by atoms with E-state index < -0.39 is 10.8 Å². The predicted molar refractivity (Wildman–Crippen MR) is 76.1 cm³/mol. The molecular weight excluding hydrogens is 246 g/mol. The summed E-state index contributed by atoms with van der Waals surface area (Å²) in [6, 6.07) is 8.08. The summed E-state index contributed by atoms with van der Waals surface area (Å²) in [7, 11) is 1.08. The number of aliphatic hydroxyl groups is 1. The van der Waals surface area contributed by atoms with Crippen LogP contribution in [-0.4, -0.2) is 40.2 Å². The summed E-state index contributed by atoms with van der Waals surface area (Å²) in [5, 5.41) is 9.66. The molecule has 1 N–H and O–H groups in total. The molecule has 3 nitrogen and oxygen atoms in total. The molecule has 0 saturated carbocycles. The van der Waals surface area contributed by atoms with Gasteiger partial charge in [-0.05, 0) is 38.1 Å². The molecule has 0 aliphatic rings. The first-order valence-corrected chi connectivity index (χ1v) is 7.83. The summed E-state index contributed by atoms with van der Waals surface area (Å²) >= 11 is 0. The third-order valence-corrected chi connectivity index (χ3v) is 4.26. The topological polar surface area (TPSA) is 40.5 Å². The number of benzene rings is 1. The van der Waals surface area contributed by atoms with Crippen molar-refractivity contribution in [3.05, 3.63) is 29.8 Å². The third kappa shape index (κ3) is 4.19. The van der Waals surface area contributed by atoms with Crippen LogP contribution in [0.4, 0.5) is 0 Å². The number of nitrogens with zero attached hydrogens (tertiary/aromatic N) is 1. The molecule has 0 spiro atoms. The van der Waals surface area contributed by atoms with Gasteiger partial charge in [0.05, 0.1) is 6.10 Å². The number of hydrogen-bond donors (Lipinski definition) is 1. The summed E-state index contributed by atoms with van der Waals surface area (Å²) in [6.07, 6.45) is 2.17. The molecule has 0 heterocycles. The number of rotatable bonds is 6. The Bertz CT molecular complexity index is 391. The van der Waals surface area contributed by atoms with Crippen LogP contribution in [-0.2, 0) is 10.8 Å². The summed E-state index contributed by atoms with van der Waals surface area (Å²) in [4.78, 5) is 2.98. The van der Waals surface area contributed by atoms with Gasteiger partial charge in [0.25, 0.3) is 0 Å². The van der Waals surface area contributed by atoms with Crippen LogP contribution in [0.15, 0.2) is 29.2 Å². The van der Waals surface area contributed by atoms with Crippen molar-refractivity contribution in [1.29, 1.82) is 0 Å². The summed E-state index contributed by atoms with van der Waals surface area (Å²) in [6.45, 7) is 4.76. The van der Waals surface area contributed by atoms with E-state index >= 15 is 0 Å². The van der Waals surface area contributed by atoms with Crippen molar-refractivity contribution in [3.8, 4) is 0 Å². The Labute approximate surface area is 112 Å². The van der Waals surface area contributed by atoms with Crippen LogP contribution < -0.4 is 0 Å². The Kier molecular flexibility index (Phi) is 5.99. The molecule has 0 saturated heterocycles. The Hall–Kier alpha value is -0.710. The predicted octanol–water partition coefficient (Wildman–Crippen LogP) is 2.19. The van der Waals surface area contributed by atoms with Crippen molar-refractivity contribution in [2.24, 2.45) is 0 Å². The lowest BCUT2D eigenvalue weighted by atomic mass is 10.1. The monoisotopic (exact) mass is 269 g/mol. The molecule has 0 radical (unpaired) electrons. The highest BCUT2D eigenvalue weighted by Crippen LogP contribution is 2.20. The standard InChI is InChI=1S/C14H23NO2S/c1-5-13(16)10-15(3)11(2)12-6-8-14(9-7-12)18(4)17/h6-9,11,13,16H,5,10H2,1-4H3. The molecule has 4 heteroatoms. The summed E-state index contributed by atoms with van der Waals surface area (Å²) in [5.74, 6) is 0. The van der Waals surface area contributed by atoms with E-state index in [1.807, 2.05) is 38.2 Å². The second-order valence-corrected chi connectivity index (χ2v) is 6.08. The molecule has 0 fully saturated rings. The SMILES string of the molecule is CCC(O)CN(C)C(C)c1ccc(S(C)=O)cc1. The van der Waals surface area contributed by atoms with Crippen LogP contribution >= 0.6 is 0 Å². The minimum Gasteiger partial charge on any atom is -0.392 e. The maximum absolute atomic E-state index is 11.3. The van der Waals surface area contributed by atoms with E-state index in [9.17, 15) is 9.32 Å². The first-order chi connectivity index (χ1) is 8.45. The van der Waals surface area contributed by atoms with Crippen molar-refractivity contribution in [3.63, 3.8) is 0 Å². The van der Waals surface area contributed by atoms with Gasteiger partial charge in [0.15, 0.2) is 0 Å². The smallest absolute Gasteiger partial charge is 0.0664 e. The Morgan fingerprint density at radius 1 is 1.33 bits per heavy atom. The molecular formula is C14H23NO2S. The molecule has 3 unspecified atom stereocenters. The van der Waals surface area contributed by atoms with Gasteiger partial charge in [-0.15, -0.1) is 0 Å². The van der Waals surface area contributed by atoms with E-state index in [0.717, 1.165) is 11.3 Å². The van der Waals surface area contributed by atoms with E-state index in [2.05, 4.69) is 11.8 Å². The van der Waals surface area contributed by atoms with Gasteiger partial charge in [-0.2, -0.15) is 0 Å². The lowest BCUT2D eigenvalue weighted by molar-refractivity contribution is 0.105. The van der Waals surface area contributed by atoms with Gasteiger partial charge in [0.1, 0.15) is 0 Å². The zero-order chi connectivity index (χ0) is 13.7. The molecule has 1 aromatic rings. The van der Waals surface area contributed by atoms with Crippen LogP contribution in [0.1, 0.15) is 31.9 Å². The average molecular weight is 269 g/mol. The second kappa shape index (κ2) is 7.02. The molecule has 3 atom stereocenters. The van der Waals surface area contributed by atoms with Gasteiger partial charge in [-0.3, -0.25) is 9.11 Å². The van der Waals surface area contributed by atoms with E-state index in [0.29, 0.717) is 6.54 Å². The van der Waals surface area contributed by atoms with Gasteiger partial charge in [-0.1, -0.05) is 19.1 Å². The van der Waals surface area contributed by atoms with E-state index in [-0.39, 0.29) is 12.1 Å². The molecule has 0 aliphatic heterocycles. The quantitative estimate of drug-likeness (QED) is 0.860. The molecule has 1 rings (SSSR count). The third-order valence-electron chi connectivity index (χ3n) is 3.33. The fourth-order valence-electron chi connectivity index (χ4n) is 1.81. The minimum absolute atomic E-state index is 0.241. The van der Waals surface area contributed by atoms with E-state index in [4.69, 9.17) is 0 Å². The summed E-state index contributed by atoms with van der Waals surface area (Å²) in [5.41, 5.74) is 1.18. The van der Waals surface area contributed by atoms with Gasteiger partial charge in [0.2, 0.25) is 0 Å². The first-order valence-electron chi connectivity index (χ1n) is 6.27. The average Bonchev–Trinajstić information content (AvgIpc) is 2.37. The van der Waals surface area contributed by atoms with Gasteiger partial charge in [0, 0.05) is 34.5 Å². The lowest BCUT2D eigenvalue weighted by Gasteiger charge is -2.27. The maximum atomic E-state index is 11.3. The fraction of sp³-hybridized carbons (Fsp3) is 0.571. The molecule has 18 heavy (non-hydrogen) atoms. The normalized spacial score (nSPS) is 16.6. The zero-order valence-corrected chi connectivity index (χ0v) is 12.4. The molecule has 0 aromatic heterocycles. The number of hydrogen-bond acceptors (Lipinski definition) is 3. The van der Waals surface area contributed by atoms with Crippen LogP contribution in [0, 0.1) is 0 Å². The Morgan fingerprint density at radius 2 is 1.89 bits per heavy atom. The minimum atomic E-state index is -0.925. The van der Waals surface area contributed by atoms with E-state index in [1.54, 1.807) is 6.26 Å².